The van der Waals surface area contributed by atoms with Crippen LogP contribution in [0.15, 0.2) is 28.8 Å². The SMILES string of the molecule is O=C(Cc1noc2ccccc12)N1CCC2(CC1)C[C@@H](O)[C@@H](O)CO2. The van der Waals surface area contributed by atoms with E-state index in [4.69, 9.17) is 9.26 Å². The van der Waals surface area contributed by atoms with E-state index in [-0.39, 0.29) is 18.9 Å². The summed E-state index contributed by atoms with van der Waals surface area (Å²) in [6.45, 7) is 1.31. The Morgan fingerprint density at radius 2 is 2.00 bits per heavy atom. The van der Waals surface area contributed by atoms with Crippen LogP contribution in [0.2, 0.25) is 0 Å². The minimum atomic E-state index is -0.814. The standard InChI is InChI=1S/C18H22N2O5/c21-14-10-18(24-11-15(14)22)5-7-20(8-6-18)17(23)9-13-12-3-1-2-4-16(12)25-19-13/h1-4,14-15,21-22H,5-11H2/t14-,15+/m1/s1. The maximum absolute atomic E-state index is 12.6. The third kappa shape index (κ3) is 3.15. The van der Waals surface area contributed by atoms with Crippen molar-refractivity contribution in [3.63, 3.8) is 0 Å². The number of piperidine rings is 1. The van der Waals surface area contributed by atoms with Crippen molar-refractivity contribution in [3.8, 4) is 0 Å². The van der Waals surface area contributed by atoms with Crippen LogP contribution < -0.4 is 0 Å². The number of carbonyl (C=O) groups is 1. The normalized spacial score (nSPS) is 26.2. The highest BCUT2D eigenvalue weighted by atomic mass is 16.5. The lowest BCUT2D eigenvalue weighted by molar-refractivity contribution is -0.188. The Morgan fingerprint density at radius 3 is 2.76 bits per heavy atom. The molecule has 2 aliphatic rings. The van der Waals surface area contributed by atoms with E-state index in [9.17, 15) is 15.0 Å². The summed E-state index contributed by atoms with van der Waals surface area (Å²) in [4.78, 5) is 14.4. The molecule has 7 nitrogen and oxygen atoms in total. The Labute approximate surface area is 145 Å². The number of aliphatic hydroxyl groups is 2. The van der Waals surface area contributed by atoms with Gasteiger partial charge < -0.3 is 24.4 Å². The summed E-state index contributed by atoms with van der Waals surface area (Å²) in [5.74, 6) is 0.0188. The first kappa shape index (κ1) is 16.5. The van der Waals surface area contributed by atoms with Crippen LogP contribution in [0.1, 0.15) is 25.0 Å². The molecule has 1 aromatic carbocycles. The molecule has 2 aliphatic heterocycles. The predicted molar refractivity (Wildman–Crippen MR) is 88.8 cm³/mol. The molecular weight excluding hydrogens is 324 g/mol. The molecular formula is C18H22N2O5. The summed E-state index contributed by atoms with van der Waals surface area (Å²) >= 11 is 0. The predicted octanol–water partition coefficient (Wildman–Crippen LogP) is 0.874. The van der Waals surface area contributed by atoms with E-state index in [0.29, 0.717) is 43.6 Å². The monoisotopic (exact) mass is 346 g/mol. The molecule has 25 heavy (non-hydrogen) atoms. The summed E-state index contributed by atoms with van der Waals surface area (Å²) in [6.07, 6.45) is 0.406. The van der Waals surface area contributed by atoms with Crippen LogP contribution in [0.25, 0.3) is 11.0 Å². The Bertz CT molecular complexity index is 766. The molecule has 1 amide bonds. The van der Waals surface area contributed by atoms with Crippen LogP contribution >= 0.6 is 0 Å². The minimum absolute atomic E-state index is 0.0188. The number of hydrogen-bond donors (Lipinski definition) is 2. The molecule has 1 aromatic heterocycles. The quantitative estimate of drug-likeness (QED) is 0.838. The van der Waals surface area contributed by atoms with Gasteiger partial charge in [0.05, 0.1) is 24.7 Å². The number of amides is 1. The fourth-order valence-corrected chi connectivity index (χ4v) is 3.78. The summed E-state index contributed by atoms with van der Waals surface area (Å²) in [5, 5.41) is 24.4. The zero-order valence-electron chi connectivity index (χ0n) is 13.9. The van der Waals surface area contributed by atoms with Crippen LogP contribution in [0.3, 0.4) is 0 Å². The highest BCUT2D eigenvalue weighted by Gasteiger charge is 2.43. The van der Waals surface area contributed by atoms with Crippen LogP contribution in [0.4, 0.5) is 0 Å². The largest absolute Gasteiger partial charge is 0.390 e. The third-order valence-corrected chi connectivity index (χ3v) is 5.38. The molecule has 4 rings (SSSR count). The van der Waals surface area contributed by atoms with E-state index >= 15 is 0 Å². The topological polar surface area (TPSA) is 96.0 Å². The highest BCUT2D eigenvalue weighted by molar-refractivity contribution is 5.86. The fourth-order valence-electron chi connectivity index (χ4n) is 3.78. The van der Waals surface area contributed by atoms with Crippen LogP contribution in [0, 0.1) is 0 Å². The maximum Gasteiger partial charge on any atom is 0.228 e. The van der Waals surface area contributed by atoms with Gasteiger partial charge in [0.15, 0.2) is 5.58 Å². The van der Waals surface area contributed by atoms with Gasteiger partial charge in [-0.05, 0) is 25.0 Å². The molecule has 2 atom stereocenters. The van der Waals surface area contributed by atoms with Gasteiger partial charge in [0, 0.05) is 24.9 Å². The first-order valence-corrected chi connectivity index (χ1v) is 8.67. The summed E-state index contributed by atoms with van der Waals surface area (Å²) in [6, 6.07) is 7.51. The van der Waals surface area contributed by atoms with Crippen molar-refractivity contribution in [3.05, 3.63) is 30.0 Å². The number of ether oxygens (including phenoxy) is 1. The van der Waals surface area contributed by atoms with E-state index in [0.717, 1.165) is 5.39 Å². The van der Waals surface area contributed by atoms with Gasteiger partial charge in [-0.15, -0.1) is 0 Å². The number of rotatable bonds is 2. The first-order valence-electron chi connectivity index (χ1n) is 8.67. The Morgan fingerprint density at radius 1 is 1.24 bits per heavy atom. The molecule has 2 aromatic rings. The number of benzene rings is 1. The lowest BCUT2D eigenvalue weighted by Crippen LogP contribution is -2.55. The van der Waals surface area contributed by atoms with Gasteiger partial charge in [-0.3, -0.25) is 4.79 Å². The third-order valence-electron chi connectivity index (χ3n) is 5.38. The number of likely N-dealkylation sites (tertiary alicyclic amines) is 1. The van der Waals surface area contributed by atoms with Crippen molar-refractivity contribution in [2.75, 3.05) is 19.7 Å². The highest BCUT2D eigenvalue weighted by Crippen LogP contribution is 2.35. The number of fused-ring (bicyclic) bond motifs is 1. The molecule has 0 aliphatic carbocycles. The Hall–Kier alpha value is -1.96. The average molecular weight is 346 g/mol. The lowest BCUT2D eigenvalue weighted by Gasteiger charge is -2.46. The number of hydrogen-bond acceptors (Lipinski definition) is 6. The second-order valence-electron chi connectivity index (χ2n) is 7.02. The molecule has 0 bridgehead atoms. The smallest absolute Gasteiger partial charge is 0.228 e. The van der Waals surface area contributed by atoms with Gasteiger partial charge in [0.25, 0.3) is 0 Å². The molecule has 0 radical (unpaired) electrons. The van der Waals surface area contributed by atoms with Gasteiger partial charge in [-0.25, -0.2) is 0 Å². The Balaban J connectivity index is 1.38. The second kappa shape index (κ2) is 6.40. The molecule has 2 N–H and O–H groups in total. The van der Waals surface area contributed by atoms with Crippen molar-refractivity contribution >= 4 is 16.9 Å². The van der Waals surface area contributed by atoms with Crippen LogP contribution in [0.5, 0.6) is 0 Å². The number of carbonyl (C=O) groups excluding carboxylic acids is 1. The molecule has 0 unspecified atom stereocenters. The van der Waals surface area contributed by atoms with E-state index < -0.39 is 17.8 Å². The molecule has 2 saturated heterocycles. The second-order valence-corrected chi connectivity index (χ2v) is 7.02. The molecule has 2 fully saturated rings. The fraction of sp³-hybridized carbons (Fsp3) is 0.556. The zero-order valence-corrected chi connectivity index (χ0v) is 13.9. The number of aromatic nitrogens is 1. The summed E-state index contributed by atoms with van der Waals surface area (Å²) in [7, 11) is 0. The Kier molecular flexibility index (Phi) is 4.23. The summed E-state index contributed by atoms with van der Waals surface area (Å²) < 4.78 is 11.1. The average Bonchev–Trinajstić information content (AvgIpc) is 3.02. The summed E-state index contributed by atoms with van der Waals surface area (Å²) in [5.41, 5.74) is 0.926. The lowest BCUT2D eigenvalue weighted by atomic mass is 9.82. The molecule has 7 heteroatoms. The number of para-hydroxylation sites is 1. The van der Waals surface area contributed by atoms with Gasteiger partial charge >= 0.3 is 0 Å². The van der Waals surface area contributed by atoms with Gasteiger partial charge in [-0.2, -0.15) is 0 Å². The van der Waals surface area contributed by atoms with Crippen molar-refractivity contribution in [2.24, 2.45) is 0 Å². The molecule has 1 spiro atoms. The minimum Gasteiger partial charge on any atom is -0.390 e. The van der Waals surface area contributed by atoms with E-state index in [1.165, 1.54) is 0 Å². The van der Waals surface area contributed by atoms with Crippen molar-refractivity contribution in [1.29, 1.82) is 0 Å². The van der Waals surface area contributed by atoms with Crippen molar-refractivity contribution < 1.29 is 24.3 Å². The van der Waals surface area contributed by atoms with Crippen LogP contribution in [-0.4, -0.2) is 63.7 Å². The van der Waals surface area contributed by atoms with Crippen LogP contribution in [-0.2, 0) is 16.0 Å². The maximum atomic E-state index is 12.6. The zero-order chi connectivity index (χ0) is 17.4. The van der Waals surface area contributed by atoms with Gasteiger partial charge in [-0.1, -0.05) is 17.3 Å². The van der Waals surface area contributed by atoms with Crippen molar-refractivity contribution in [2.45, 2.75) is 43.5 Å². The molecule has 134 valence electrons. The van der Waals surface area contributed by atoms with E-state index in [1.807, 2.05) is 29.2 Å². The van der Waals surface area contributed by atoms with Gasteiger partial charge in [0.1, 0.15) is 11.8 Å². The molecule has 3 heterocycles. The van der Waals surface area contributed by atoms with E-state index in [1.54, 1.807) is 0 Å². The first-order chi connectivity index (χ1) is 12.1. The number of aliphatic hydroxyl groups excluding tert-OH is 2. The van der Waals surface area contributed by atoms with Gasteiger partial charge in [0.2, 0.25) is 5.91 Å². The molecule has 0 saturated carbocycles. The van der Waals surface area contributed by atoms with E-state index in [2.05, 4.69) is 5.16 Å². The number of nitrogens with zero attached hydrogens (tertiary/aromatic N) is 2. The van der Waals surface area contributed by atoms with Crippen molar-refractivity contribution in [1.82, 2.24) is 10.1 Å².